The first-order chi connectivity index (χ1) is 19.2. The number of imide groups is 1. The molecule has 40 heavy (non-hydrogen) atoms. The van der Waals surface area contributed by atoms with Crippen molar-refractivity contribution < 1.29 is 14.5 Å². The molecular formula is C30H25N5O5. The summed E-state index contributed by atoms with van der Waals surface area (Å²) in [6, 6.07) is 18.3. The number of benzene rings is 3. The maximum atomic E-state index is 14.5. The van der Waals surface area contributed by atoms with E-state index in [4.69, 9.17) is 4.98 Å². The lowest BCUT2D eigenvalue weighted by atomic mass is 9.75. The predicted molar refractivity (Wildman–Crippen MR) is 147 cm³/mol. The Morgan fingerprint density at radius 3 is 2.42 bits per heavy atom. The number of non-ortho nitro benzene ring substituents is 1. The van der Waals surface area contributed by atoms with Crippen LogP contribution in [0.1, 0.15) is 30.8 Å². The Bertz CT molecular complexity index is 1860. The molecule has 1 spiro atoms. The average molecular weight is 536 g/mol. The number of nitrogens with zero attached hydrogens (tertiary/aromatic N) is 4. The van der Waals surface area contributed by atoms with Crippen LogP contribution < -0.4 is 15.8 Å². The SMILES string of the molecule is Cc1cc([N+](=O)[O-])ccc1N1C(=O)[C@H]2[C@@H](C(C)C)N[C@@]3(c4ccccc4-n4c3nc3ccccc3c4=O)[C@H]2C1=O. The maximum Gasteiger partial charge on any atom is 0.269 e. The van der Waals surface area contributed by atoms with Gasteiger partial charge in [-0.1, -0.05) is 44.2 Å². The molecule has 3 aromatic carbocycles. The Morgan fingerprint density at radius 1 is 0.975 bits per heavy atom. The van der Waals surface area contributed by atoms with Crippen molar-refractivity contribution in [3.05, 3.63) is 104 Å². The number of hydrogen-bond donors (Lipinski definition) is 1. The predicted octanol–water partition coefficient (Wildman–Crippen LogP) is 3.59. The van der Waals surface area contributed by atoms with E-state index in [2.05, 4.69) is 5.32 Å². The first-order valence-corrected chi connectivity index (χ1v) is 13.2. The topological polar surface area (TPSA) is 127 Å². The van der Waals surface area contributed by atoms with Crippen molar-refractivity contribution in [3.63, 3.8) is 0 Å². The molecule has 0 aliphatic carbocycles. The van der Waals surface area contributed by atoms with Gasteiger partial charge in [-0.3, -0.25) is 34.4 Å². The molecule has 0 bridgehead atoms. The zero-order valence-corrected chi connectivity index (χ0v) is 22.0. The number of rotatable bonds is 3. The van der Waals surface area contributed by atoms with E-state index < -0.39 is 34.2 Å². The molecule has 1 N–H and O–H groups in total. The number of anilines is 1. The van der Waals surface area contributed by atoms with Gasteiger partial charge in [0.2, 0.25) is 11.8 Å². The first kappa shape index (κ1) is 24.3. The monoisotopic (exact) mass is 535 g/mol. The van der Waals surface area contributed by atoms with Gasteiger partial charge in [-0.05, 0) is 42.7 Å². The second-order valence-electron chi connectivity index (χ2n) is 11.1. The zero-order chi connectivity index (χ0) is 28.1. The van der Waals surface area contributed by atoms with Crippen LogP contribution in [0.25, 0.3) is 16.6 Å². The van der Waals surface area contributed by atoms with Crippen molar-refractivity contribution in [2.24, 2.45) is 17.8 Å². The molecule has 4 atom stereocenters. The van der Waals surface area contributed by atoms with Crippen LogP contribution in [0.2, 0.25) is 0 Å². The molecule has 0 saturated carbocycles. The van der Waals surface area contributed by atoms with Gasteiger partial charge in [-0.15, -0.1) is 0 Å². The molecule has 7 rings (SSSR count). The number of fused-ring (bicyclic) bond motifs is 8. The fraction of sp³-hybridized carbons (Fsp3) is 0.267. The molecule has 2 fully saturated rings. The van der Waals surface area contributed by atoms with Crippen molar-refractivity contribution in [3.8, 4) is 5.69 Å². The minimum absolute atomic E-state index is 0.0325. The standard InChI is InChI=1S/C30H25N5O5/c1-15(2)25-23-24(28(38)33(27(23)37)21-13-12-17(35(39)40)14-16(21)3)30(32-25)19-9-5-7-11-22(19)34-26(36)18-8-4-6-10-20(18)31-29(30)34/h4-15,23-25,32H,1-3H3/t23-,24-,25-,30+/m1/s1. The minimum atomic E-state index is -1.23. The Hall–Kier alpha value is -4.70. The lowest BCUT2D eigenvalue weighted by Crippen LogP contribution is -2.51. The normalized spacial score (nSPS) is 24.7. The van der Waals surface area contributed by atoms with Crippen molar-refractivity contribution in [2.45, 2.75) is 32.4 Å². The molecule has 3 aliphatic rings. The highest BCUT2D eigenvalue weighted by molar-refractivity contribution is 6.23. The molecule has 2 saturated heterocycles. The minimum Gasteiger partial charge on any atom is -0.296 e. The van der Waals surface area contributed by atoms with Crippen molar-refractivity contribution in [1.82, 2.24) is 14.9 Å². The highest BCUT2D eigenvalue weighted by Gasteiger charge is 2.70. The van der Waals surface area contributed by atoms with E-state index in [1.807, 2.05) is 44.2 Å². The van der Waals surface area contributed by atoms with E-state index >= 15 is 0 Å². The Kier molecular flexibility index (Phi) is 4.96. The summed E-state index contributed by atoms with van der Waals surface area (Å²) >= 11 is 0. The molecule has 1 aromatic heterocycles. The van der Waals surface area contributed by atoms with Gasteiger partial charge >= 0.3 is 0 Å². The van der Waals surface area contributed by atoms with E-state index in [9.17, 15) is 24.5 Å². The number of nitrogens with one attached hydrogen (secondary N) is 1. The number of para-hydroxylation sites is 2. The van der Waals surface area contributed by atoms with Crippen molar-refractivity contribution in [2.75, 3.05) is 4.90 Å². The van der Waals surface area contributed by atoms with Crippen molar-refractivity contribution >= 4 is 34.1 Å². The third-order valence-corrected chi connectivity index (χ3v) is 8.65. The molecule has 10 heteroatoms. The number of aryl methyl sites for hydroxylation is 1. The van der Waals surface area contributed by atoms with Crippen molar-refractivity contribution in [1.29, 1.82) is 0 Å². The molecule has 10 nitrogen and oxygen atoms in total. The van der Waals surface area contributed by atoms with E-state index in [0.29, 0.717) is 33.7 Å². The molecular weight excluding hydrogens is 510 g/mol. The Labute approximate surface area is 228 Å². The molecule has 200 valence electrons. The second-order valence-corrected chi connectivity index (χ2v) is 11.1. The Balaban J connectivity index is 1.50. The average Bonchev–Trinajstić information content (AvgIpc) is 3.53. The van der Waals surface area contributed by atoms with Crippen LogP contribution in [-0.4, -0.2) is 32.3 Å². The first-order valence-electron chi connectivity index (χ1n) is 13.2. The molecule has 0 unspecified atom stereocenters. The zero-order valence-electron chi connectivity index (χ0n) is 22.0. The molecule has 4 heterocycles. The summed E-state index contributed by atoms with van der Waals surface area (Å²) in [5.41, 5.74) is 1.05. The van der Waals surface area contributed by atoms with Crippen LogP contribution in [-0.2, 0) is 15.1 Å². The lowest BCUT2D eigenvalue weighted by Gasteiger charge is -2.32. The number of nitro benzene ring substituents is 1. The number of aromatic nitrogens is 2. The van der Waals surface area contributed by atoms with E-state index in [0.717, 1.165) is 5.56 Å². The largest absolute Gasteiger partial charge is 0.296 e. The summed E-state index contributed by atoms with van der Waals surface area (Å²) in [5, 5.41) is 15.5. The van der Waals surface area contributed by atoms with Crippen LogP contribution in [0.15, 0.2) is 71.5 Å². The number of nitro groups is 1. The van der Waals surface area contributed by atoms with Crippen LogP contribution in [0.3, 0.4) is 0 Å². The van der Waals surface area contributed by atoms with Gasteiger partial charge in [-0.25, -0.2) is 9.88 Å². The van der Waals surface area contributed by atoms with Crippen LogP contribution in [0, 0.1) is 34.8 Å². The van der Waals surface area contributed by atoms with Gasteiger partial charge in [0, 0.05) is 23.7 Å². The van der Waals surface area contributed by atoms with Gasteiger partial charge in [0.15, 0.2) is 0 Å². The summed E-state index contributed by atoms with van der Waals surface area (Å²) in [7, 11) is 0. The highest BCUT2D eigenvalue weighted by atomic mass is 16.6. The van der Waals surface area contributed by atoms with Gasteiger partial charge in [0.05, 0.1) is 39.0 Å². The summed E-state index contributed by atoms with van der Waals surface area (Å²) in [6.07, 6.45) is 0. The second kappa shape index (κ2) is 8.15. The lowest BCUT2D eigenvalue weighted by molar-refractivity contribution is -0.384. The highest BCUT2D eigenvalue weighted by Crippen LogP contribution is 2.56. The van der Waals surface area contributed by atoms with E-state index in [1.54, 1.807) is 29.7 Å². The fourth-order valence-electron chi connectivity index (χ4n) is 6.97. The summed E-state index contributed by atoms with van der Waals surface area (Å²) in [5.74, 6) is -2.05. The number of amides is 2. The summed E-state index contributed by atoms with van der Waals surface area (Å²) in [4.78, 5) is 59.5. The van der Waals surface area contributed by atoms with Crippen LogP contribution >= 0.6 is 0 Å². The fourth-order valence-corrected chi connectivity index (χ4v) is 6.97. The van der Waals surface area contributed by atoms with Crippen LogP contribution in [0.5, 0.6) is 0 Å². The Morgan fingerprint density at radius 2 is 1.70 bits per heavy atom. The van der Waals surface area contributed by atoms with Gasteiger partial charge < -0.3 is 0 Å². The summed E-state index contributed by atoms with van der Waals surface area (Å²) in [6.45, 7) is 5.64. The number of carbonyl (C=O) groups is 2. The third-order valence-electron chi connectivity index (χ3n) is 8.65. The maximum absolute atomic E-state index is 14.5. The quantitative estimate of drug-likeness (QED) is 0.241. The number of hydrogen-bond acceptors (Lipinski definition) is 7. The number of carbonyl (C=O) groups excluding carboxylic acids is 2. The smallest absolute Gasteiger partial charge is 0.269 e. The molecule has 0 radical (unpaired) electrons. The van der Waals surface area contributed by atoms with Gasteiger partial charge in [0.25, 0.3) is 11.2 Å². The molecule has 3 aliphatic heterocycles. The molecule has 2 amide bonds. The van der Waals surface area contributed by atoms with Gasteiger partial charge in [-0.2, -0.15) is 0 Å². The van der Waals surface area contributed by atoms with Gasteiger partial charge in [0.1, 0.15) is 11.4 Å². The van der Waals surface area contributed by atoms with E-state index in [1.165, 1.54) is 23.1 Å². The third kappa shape index (κ3) is 2.91. The van der Waals surface area contributed by atoms with Crippen LogP contribution in [0.4, 0.5) is 11.4 Å². The molecule has 4 aromatic rings. The summed E-state index contributed by atoms with van der Waals surface area (Å²) < 4.78 is 1.57. The van der Waals surface area contributed by atoms with E-state index in [-0.39, 0.29) is 23.1 Å².